The number of amides is 2. The molecule has 3 aromatic rings. The number of imidazole rings is 1. The number of nitrogens with zero attached hydrogens (tertiary/aromatic N) is 4. The van der Waals surface area contributed by atoms with Crippen LogP contribution in [0.5, 0.6) is 0 Å². The van der Waals surface area contributed by atoms with Gasteiger partial charge in [-0.3, -0.25) is 14.9 Å². The normalized spacial score (nSPS) is 11.1. The fourth-order valence-corrected chi connectivity index (χ4v) is 2.11. The van der Waals surface area contributed by atoms with E-state index in [4.69, 9.17) is 0 Å². The number of benzene rings is 1. The Morgan fingerprint density at radius 1 is 1.42 bits per heavy atom. The summed E-state index contributed by atoms with van der Waals surface area (Å²) in [5, 5.41) is 12.6. The average molecular weight is 258 g/mol. The van der Waals surface area contributed by atoms with Crippen LogP contribution in [0, 0.1) is 6.92 Å². The van der Waals surface area contributed by atoms with Gasteiger partial charge >= 0.3 is 0 Å². The molecule has 8 nitrogen and oxygen atoms in total. The highest BCUT2D eigenvalue weighted by atomic mass is 16.2. The molecule has 0 saturated heterocycles. The number of H-pyrrole nitrogens is 1. The summed E-state index contributed by atoms with van der Waals surface area (Å²) in [4.78, 5) is 26.6. The minimum Gasteiger partial charge on any atom is -0.329 e. The monoisotopic (exact) mass is 258 g/mol. The number of rotatable bonds is 2. The third-order valence-corrected chi connectivity index (χ3v) is 3.09. The Morgan fingerprint density at radius 3 is 2.89 bits per heavy atom. The van der Waals surface area contributed by atoms with Gasteiger partial charge in [0.1, 0.15) is 16.9 Å². The topological polar surface area (TPSA) is 106 Å². The first-order valence-corrected chi connectivity index (χ1v) is 5.54. The van der Waals surface area contributed by atoms with Crippen molar-refractivity contribution in [2.24, 2.45) is 7.05 Å². The second kappa shape index (κ2) is 3.87. The van der Waals surface area contributed by atoms with E-state index in [9.17, 15) is 9.59 Å². The third kappa shape index (κ3) is 1.49. The molecule has 8 heteroatoms. The highest BCUT2D eigenvalue weighted by Crippen LogP contribution is 2.25. The van der Waals surface area contributed by atoms with Crippen molar-refractivity contribution in [3.05, 3.63) is 17.5 Å². The molecule has 0 aliphatic rings. The van der Waals surface area contributed by atoms with E-state index in [0.717, 1.165) is 11.3 Å². The van der Waals surface area contributed by atoms with Gasteiger partial charge in [-0.2, -0.15) is 15.4 Å². The molecule has 2 aromatic heterocycles. The Bertz CT molecular complexity index is 815. The van der Waals surface area contributed by atoms with Crippen molar-refractivity contribution in [1.82, 2.24) is 30.3 Å². The van der Waals surface area contributed by atoms with Gasteiger partial charge in [0, 0.05) is 7.05 Å². The SMILES string of the molecule is Cc1nc2cc(C(=O)NC=O)c3n[nH]nc3c2n1C. The average Bonchev–Trinajstić information content (AvgIpc) is 2.94. The number of carbonyl (C=O) groups is 2. The maximum atomic E-state index is 11.8. The van der Waals surface area contributed by atoms with E-state index in [1.165, 1.54) is 0 Å². The molecule has 0 aliphatic carbocycles. The van der Waals surface area contributed by atoms with E-state index in [2.05, 4.69) is 25.7 Å². The van der Waals surface area contributed by atoms with Crippen LogP contribution in [0.25, 0.3) is 22.1 Å². The zero-order valence-corrected chi connectivity index (χ0v) is 10.3. The quantitative estimate of drug-likeness (QED) is 0.631. The van der Waals surface area contributed by atoms with Gasteiger partial charge in [-0.1, -0.05) is 0 Å². The summed E-state index contributed by atoms with van der Waals surface area (Å²) in [5.41, 5.74) is 2.66. The van der Waals surface area contributed by atoms with Gasteiger partial charge < -0.3 is 4.57 Å². The summed E-state index contributed by atoms with van der Waals surface area (Å²) in [6.45, 7) is 1.86. The predicted octanol–water partition coefficient (Wildman–Crippen LogP) is 0.0392. The molecule has 0 saturated carbocycles. The van der Waals surface area contributed by atoms with Gasteiger partial charge in [0.2, 0.25) is 6.41 Å². The molecule has 0 radical (unpaired) electrons. The lowest BCUT2D eigenvalue weighted by Gasteiger charge is -2.01. The molecule has 96 valence electrons. The fraction of sp³-hybridized carbons (Fsp3) is 0.182. The maximum absolute atomic E-state index is 11.8. The molecule has 1 aromatic carbocycles. The van der Waals surface area contributed by atoms with Crippen molar-refractivity contribution in [2.45, 2.75) is 6.92 Å². The molecule has 2 heterocycles. The smallest absolute Gasteiger partial charge is 0.260 e. The third-order valence-electron chi connectivity index (χ3n) is 3.09. The molecular formula is C11H10N6O2. The zero-order chi connectivity index (χ0) is 13.6. The van der Waals surface area contributed by atoms with Gasteiger partial charge in [0.25, 0.3) is 5.91 Å². The van der Waals surface area contributed by atoms with E-state index in [1.807, 2.05) is 18.5 Å². The van der Waals surface area contributed by atoms with Crippen molar-refractivity contribution in [2.75, 3.05) is 0 Å². The van der Waals surface area contributed by atoms with Crippen LogP contribution in [0.4, 0.5) is 0 Å². The Hall–Kier alpha value is -2.77. The number of nitrogens with one attached hydrogen (secondary N) is 2. The molecular weight excluding hydrogens is 248 g/mol. The molecule has 0 bridgehead atoms. The lowest BCUT2D eigenvalue weighted by atomic mass is 10.1. The van der Waals surface area contributed by atoms with Crippen LogP contribution in [0.3, 0.4) is 0 Å². The minimum absolute atomic E-state index is 0.265. The van der Waals surface area contributed by atoms with E-state index in [0.29, 0.717) is 23.0 Å². The standard InChI is InChI=1S/C11H10N6O2/c1-5-13-7-3-6(11(19)12-4-18)8-9(15-16-14-8)10(7)17(5)2/h3-4H,1-2H3,(H,12,18,19)(H,14,15,16). The van der Waals surface area contributed by atoms with Gasteiger partial charge in [-0.25, -0.2) is 4.98 Å². The van der Waals surface area contributed by atoms with Crippen LogP contribution in [-0.2, 0) is 11.8 Å². The van der Waals surface area contributed by atoms with Gasteiger partial charge in [-0.05, 0) is 13.0 Å². The molecule has 0 fully saturated rings. The van der Waals surface area contributed by atoms with Crippen LogP contribution in [0.2, 0.25) is 0 Å². The summed E-state index contributed by atoms with van der Waals surface area (Å²) < 4.78 is 1.88. The number of fused-ring (bicyclic) bond motifs is 3. The number of hydrogen-bond acceptors (Lipinski definition) is 5. The molecule has 0 aliphatic heterocycles. The van der Waals surface area contributed by atoms with Crippen LogP contribution < -0.4 is 5.32 Å². The molecule has 19 heavy (non-hydrogen) atoms. The van der Waals surface area contributed by atoms with Crippen LogP contribution >= 0.6 is 0 Å². The molecule has 3 rings (SSSR count). The largest absolute Gasteiger partial charge is 0.329 e. The number of imide groups is 1. The molecule has 2 N–H and O–H groups in total. The first-order valence-electron chi connectivity index (χ1n) is 5.54. The maximum Gasteiger partial charge on any atom is 0.260 e. The van der Waals surface area contributed by atoms with Gasteiger partial charge in [0.05, 0.1) is 16.6 Å². The molecule has 0 unspecified atom stereocenters. The van der Waals surface area contributed by atoms with Crippen molar-refractivity contribution < 1.29 is 9.59 Å². The lowest BCUT2D eigenvalue weighted by Crippen LogP contribution is -2.21. The highest BCUT2D eigenvalue weighted by molar-refractivity contribution is 6.14. The van der Waals surface area contributed by atoms with Gasteiger partial charge in [-0.15, -0.1) is 0 Å². The Morgan fingerprint density at radius 2 is 2.16 bits per heavy atom. The molecule has 0 atom stereocenters. The first-order chi connectivity index (χ1) is 9.13. The number of aromatic nitrogens is 5. The summed E-state index contributed by atoms with van der Waals surface area (Å²) >= 11 is 0. The summed E-state index contributed by atoms with van der Waals surface area (Å²) in [6.07, 6.45) is 0.335. The van der Waals surface area contributed by atoms with Crippen molar-refractivity contribution in [3.8, 4) is 0 Å². The van der Waals surface area contributed by atoms with Crippen molar-refractivity contribution in [1.29, 1.82) is 0 Å². The first kappa shape index (κ1) is 11.3. The fourth-order valence-electron chi connectivity index (χ4n) is 2.11. The summed E-state index contributed by atoms with van der Waals surface area (Å²) in [6, 6.07) is 1.60. The van der Waals surface area contributed by atoms with E-state index < -0.39 is 5.91 Å². The summed E-state index contributed by atoms with van der Waals surface area (Å²) in [7, 11) is 1.87. The number of carbonyl (C=O) groups excluding carboxylic acids is 2. The van der Waals surface area contributed by atoms with Crippen LogP contribution in [-0.4, -0.2) is 37.3 Å². The van der Waals surface area contributed by atoms with E-state index >= 15 is 0 Å². The zero-order valence-electron chi connectivity index (χ0n) is 10.3. The molecule has 2 amide bonds. The Labute approximate surface area is 106 Å². The van der Waals surface area contributed by atoms with Crippen molar-refractivity contribution in [3.63, 3.8) is 0 Å². The number of aryl methyl sites for hydroxylation is 2. The highest BCUT2D eigenvalue weighted by Gasteiger charge is 2.19. The van der Waals surface area contributed by atoms with Crippen molar-refractivity contribution >= 4 is 34.4 Å². The predicted molar refractivity (Wildman–Crippen MR) is 66.4 cm³/mol. The lowest BCUT2D eigenvalue weighted by molar-refractivity contribution is -0.108. The van der Waals surface area contributed by atoms with E-state index in [1.54, 1.807) is 6.07 Å². The molecule has 0 spiro atoms. The van der Waals surface area contributed by atoms with E-state index in [-0.39, 0.29) is 5.56 Å². The Balaban J connectivity index is 2.42. The number of aromatic amines is 1. The Kier molecular flexibility index (Phi) is 2.31. The minimum atomic E-state index is -0.529. The summed E-state index contributed by atoms with van der Waals surface area (Å²) in [5.74, 6) is 0.270. The van der Waals surface area contributed by atoms with Crippen LogP contribution in [0.1, 0.15) is 16.2 Å². The van der Waals surface area contributed by atoms with Gasteiger partial charge in [0.15, 0.2) is 0 Å². The number of hydrogen-bond donors (Lipinski definition) is 2. The van der Waals surface area contributed by atoms with Crippen LogP contribution in [0.15, 0.2) is 6.07 Å². The second-order valence-corrected chi connectivity index (χ2v) is 4.12. The second-order valence-electron chi connectivity index (χ2n) is 4.12.